The molecule has 7 heteroatoms. The van der Waals surface area contributed by atoms with Crippen molar-refractivity contribution in [2.45, 2.75) is 31.8 Å². The zero-order valence-corrected chi connectivity index (χ0v) is 15.7. The van der Waals surface area contributed by atoms with Gasteiger partial charge in [-0.05, 0) is 43.4 Å². The molecule has 7 nitrogen and oxygen atoms in total. The molecule has 1 aliphatic carbocycles. The SMILES string of the molecule is CC1(C2CC2)NC(=O)N(CC(=O)N=c2ccccn2Cc2ccccc2)C1=O. The first-order chi connectivity index (χ1) is 13.5. The predicted molar refractivity (Wildman–Crippen MR) is 102 cm³/mol. The van der Waals surface area contributed by atoms with Gasteiger partial charge in [-0.1, -0.05) is 36.4 Å². The predicted octanol–water partition coefficient (Wildman–Crippen LogP) is 1.68. The summed E-state index contributed by atoms with van der Waals surface area (Å²) in [6.07, 6.45) is 3.67. The van der Waals surface area contributed by atoms with Gasteiger partial charge in [0.2, 0.25) is 0 Å². The van der Waals surface area contributed by atoms with Crippen LogP contribution in [-0.4, -0.2) is 39.4 Å². The van der Waals surface area contributed by atoms with Crippen molar-refractivity contribution in [2.75, 3.05) is 6.54 Å². The third-order valence-corrected chi connectivity index (χ3v) is 5.34. The largest absolute Gasteiger partial charge is 0.328 e. The Morgan fingerprint density at radius 2 is 1.86 bits per heavy atom. The second-order valence-electron chi connectivity index (χ2n) is 7.48. The van der Waals surface area contributed by atoms with Gasteiger partial charge in [0, 0.05) is 12.7 Å². The fourth-order valence-electron chi connectivity index (χ4n) is 3.58. The van der Waals surface area contributed by atoms with Gasteiger partial charge >= 0.3 is 6.03 Å². The van der Waals surface area contributed by atoms with E-state index in [9.17, 15) is 14.4 Å². The monoisotopic (exact) mass is 378 g/mol. The van der Waals surface area contributed by atoms with E-state index in [1.165, 1.54) is 0 Å². The Morgan fingerprint density at radius 1 is 1.14 bits per heavy atom. The minimum Gasteiger partial charge on any atom is -0.328 e. The minimum absolute atomic E-state index is 0.156. The molecule has 2 aliphatic rings. The summed E-state index contributed by atoms with van der Waals surface area (Å²) in [5, 5.41) is 2.74. The van der Waals surface area contributed by atoms with Gasteiger partial charge in [-0.2, -0.15) is 4.99 Å². The lowest BCUT2D eigenvalue weighted by Crippen LogP contribution is -2.46. The molecule has 2 aromatic rings. The maximum absolute atomic E-state index is 12.7. The van der Waals surface area contributed by atoms with Gasteiger partial charge in [0.05, 0.1) is 0 Å². The second kappa shape index (κ2) is 7.07. The normalized spacial score (nSPS) is 22.5. The summed E-state index contributed by atoms with van der Waals surface area (Å²) >= 11 is 0. The Hall–Kier alpha value is -3.22. The van der Waals surface area contributed by atoms with Crippen molar-refractivity contribution in [2.24, 2.45) is 10.9 Å². The van der Waals surface area contributed by atoms with E-state index in [0.29, 0.717) is 12.0 Å². The second-order valence-corrected chi connectivity index (χ2v) is 7.48. The first-order valence-corrected chi connectivity index (χ1v) is 9.38. The van der Waals surface area contributed by atoms with Crippen molar-refractivity contribution in [3.05, 3.63) is 65.8 Å². The number of imide groups is 1. The topological polar surface area (TPSA) is 83.8 Å². The molecule has 1 saturated carbocycles. The lowest BCUT2D eigenvalue weighted by Gasteiger charge is -2.20. The van der Waals surface area contributed by atoms with Crippen LogP contribution in [0.15, 0.2) is 59.7 Å². The highest BCUT2D eigenvalue weighted by molar-refractivity contribution is 6.09. The van der Waals surface area contributed by atoms with Gasteiger partial charge in [-0.15, -0.1) is 0 Å². The van der Waals surface area contributed by atoms with Crippen molar-refractivity contribution in [3.63, 3.8) is 0 Å². The van der Waals surface area contributed by atoms with Gasteiger partial charge in [0.15, 0.2) is 0 Å². The molecular weight excluding hydrogens is 356 g/mol. The Balaban J connectivity index is 1.53. The fourth-order valence-corrected chi connectivity index (χ4v) is 3.58. The van der Waals surface area contributed by atoms with Crippen molar-refractivity contribution in [1.82, 2.24) is 14.8 Å². The average Bonchev–Trinajstić information content (AvgIpc) is 3.50. The Labute approximate surface area is 162 Å². The van der Waals surface area contributed by atoms with Crippen molar-refractivity contribution < 1.29 is 14.4 Å². The molecule has 1 saturated heterocycles. The molecule has 2 fully saturated rings. The third-order valence-electron chi connectivity index (χ3n) is 5.34. The van der Waals surface area contributed by atoms with Crippen molar-refractivity contribution in [3.8, 4) is 0 Å². The van der Waals surface area contributed by atoms with Gasteiger partial charge < -0.3 is 9.88 Å². The number of pyridine rings is 1. The van der Waals surface area contributed by atoms with Gasteiger partial charge in [0.1, 0.15) is 17.6 Å². The van der Waals surface area contributed by atoms with Crippen LogP contribution in [0.3, 0.4) is 0 Å². The molecule has 4 amide bonds. The summed E-state index contributed by atoms with van der Waals surface area (Å²) in [7, 11) is 0. The number of rotatable bonds is 5. The summed E-state index contributed by atoms with van der Waals surface area (Å²) in [5.74, 6) is -0.714. The summed E-state index contributed by atoms with van der Waals surface area (Å²) in [6.45, 7) is 1.95. The number of benzene rings is 1. The Bertz CT molecular complexity index is 994. The lowest BCUT2D eigenvalue weighted by molar-refractivity contribution is -0.134. The highest BCUT2D eigenvalue weighted by atomic mass is 16.2. The molecule has 1 aliphatic heterocycles. The van der Waals surface area contributed by atoms with Crippen LogP contribution in [0.5, 0.6) is 0 Å². The number of carbonyl (C=O) groups is 3. The molecule has 1 N–H and O–H groups in total. The number of urea groups is 1. The van der Waals surface area contributed by atoms with E-state index in [2.05, 4.69) is 10.3 Å². The van der Waals surface area contributed by atoms with E-state index in [1.807, 2.05) is 47.2 Å². The molecule has 1 aromatic carbocycles. The maximum Gasteiger partial charge on any atom is 0.325 e. The highest BCUT2D eigenvalue weighted by Crippen LogP contribution is 2.42. The molecule has 0 spiro atoms. The fraction of sp³-hybridized carbons (Fsp3) is 0.333. The molecule has 0 bridgehead atoms. The first kappa shape index (κ1) is 18.2. The summed E-state index contributed by atoms with van der Waals surface area (Å²) < 4.78 is 1.85. The lowest BCUT2D eigenvalue weighted by atomic mass is 9.96. The van der Waals surface area contributed by atoms with Crippen LogP contribution in [-0.2, 0) is 16.1 Å². The number of carbonyl (C=O) groups excluding carboxylic acids is 3. The maximum atomic E-state index is 12.7. The number of aromatic nitrogens is 1. The highest BCUT2D eigenvalue weighted by Gasteiger charge is 2.56. The van der Waals surface area contributed by atoms with E-state index in [0.717, 1.165) is 23.3 Å². The van der Waals surface area contributed by atoms with Crippen LogP contribution >= 0.6 is 0 Å². The third kappa shape index (κ3) is 3.47. The molecule has 4 rings (SSSR count). The van der Waals surface area contributed by atoms with Crippen molar-refractivity contribution >= 4 is 17.8 Å². The molecule has 1 unspecified atom stereocenters. The zero-order chi connectivity index (χ0) is 19.7. The number of hydrogen-bond acceptors (Lipinski definition) is 3. The number of amides is 4. The molecule has 0 radical (unpaired) electrons. The van der Waals surface area contributed by atoms with Crippen LogP contribution in [0, 0.1) is 5.92 Å². The Morgan fingerprint density at radius 3 is 2.57 bits per heavy atom. The number of nitrogens with one attached hydrogen (secondary N) is 1. The average molecular weight is 378 g/mol. The smallest absolute Gasteiger partial charge is 0.325 e. The first-order valence-electron chi connectivity index (χ1n) is 9.38. The van der Waals surface area contributed by atoms with Gasteiger partial charge in [0.25, 0.3) is 11.8 Å². The molecule has 144 valence electrons. The summed E-state index contributed by atoms with van der Waals surface area (Å²) in [6, 6.07) is 14.7. The van der Waals surface area contributed by atoms with E-state index in [-0.39, 0.29) is 18.4 Å². The van der Waals surface area contributed by atoms with Crippen LogP contribution < -0.4 is 10.8 Å². The zero-order valence-electron chi connectivity index (χ0n) is 15.7. The van der Waals surface area contributed by atoms with Crippen LogP contribution in [0.4, 0.5) is 4.79 Å². The minimum atomic E-state index is -0.892. The Kier molecular flexibility index (Phi) is 4.58. The van der Waals surface area contributed by atoms with E-state index in [1.54, 1.807) is 19.1 Å². The van der Waals surface area contributed by atoms with Crippen LogP contribution in [0.1, 0.15) is 25.3 Å². The molecular formula is C21H22N4O3. The summed E-state index contributed by atoms with van der Waals surface area (Å²) in [5.41, 5.74) is 0.669. The summed E-state index contributed by atoms with van der Waals surface area (Å²) in [4.78, 5) is 42.5. The molecule has 1 atom stereocenters. The quantitative estimate of drug-likeness (QED) is 0.804. The standard InChI is InChI=1S/C21H22N4O3/c1-21(16-10-11-16)19(27)25(20(28)23-21)14-18(26)22-17-9-5-6-12-24(17)13-15-7-3-2-4-8-15/h2-9,12,16H,10-11,13-14H2,1H3,(H,23,28). The van der Waals surface area contributed by atoms with E-state index in [4.69, 9.17) is 0 Å². The molecule has 28 heavy (non-hydrogen) atoms. The number of hydrogen-bond donors (Lipinski definition) is 1. The van der Waals surface area contributed by atoms with Crippen LogP contribution in [0.25, 0.3) is 0 Å². The molecule has 2 heterocycles. The van der Waals surface area contributed by atoms with E-state index < -0.39 is 17.5 Å². The molecule has 1 aromatic heterocycles. The van der Waals surface area contributed by atoms with Crippen molar-refractivity contribution in [1.29, 1.82) is 0 Å². The van der Waals surface area contributed by atoms with E-state index >= 15 is 0 Å². The van der Waals surface area contributed by atoms with Gasteiger partial charge in [-0.3, -0.25) is 14.5 Å². The van der Waals surface area contributed by atoms with Gasteiger partial charge in [-0.25, -0.2) is 4.79 Å². The van der Waals surface area contributed by atoms with Crippen LogP contribution in [0.2, 0.25) is 0 Å². The number of nitrogens with zero attached hydrogens (tertiary/aromatic N) is 3.